The van der Waals surface area contributed by atoms with E-state index in [9.17, 15) is 5.11 Å². The molecule has 0 aliphatic rings. The number of hydrogen-bond acceptors (Lipinski definition) is 3. The van der Waals surface area contributed by atoms with Crippen LogP contribution in [0.1, 0.15) is 18.1 Å². The Morgan fingerprint density at radius 3 is 2.63 bits per heavy atom. The van der Waals surface area contributed by atoms with Crippen LogP contribution < -0.4 is 5.32 Å². The zero-order valence-corrected chi connectivity index (χ0v) is 11.9. The maximum Gasteiger partial charge on any atom is 0.102 e. The molecule has 0 saturated carbocycles. The molecule has 1 aromatic carbocycles. The molecule has 2 N–H and O–H groups in total. The van der Waals surface area contributed by atoms with E-state index < -0.39 is 5.60 Å². The lowest BCUT2D eigenvalue weighted by molar-refractivity contribution is 0.0566. The Labute approximate surface area is 118 Å². The second kappa shape index (κ2) is 5.74. The molecule has 5 heteroatoms. The summed E-state index contributed by atoms with van der Waals surface area (Å²) in [5.74, 6) is 0. The van der Waals surface area contributed by atoms with Crippen molar-refractivity contribution in [2.75, 3.05) is 6.54 Å². The summed E-state index contributed by atoms with van der Waals surface area (Å²) in [4.78, 5) is 0. The molecule has 0 bridgehead atoms. The smallest absolute Gasteiger partial charge is 0.102 e. The molecule has 0 fully saturated rings. The molecular formula is C14H18ClN3O. The largest absolute Gasteiger partial charge is 0.384 e. The van der Waals surface area contributed by atoms with Crippen molar-refractivity contribution in [3.05, 3.63) is 52.8 Å². The van der Waals surface area contributed by atoms with E-state index in [1.54, 1.807) is 17.8 Å². The number of rotatable bonds is 5. The van der Waals surface area contributed by atoms with E-state index in [0.717, 1.165) is 16.1 Å². The molecule has 0 spiro atoms. The van der Waals surface area contributed by atoms with Gasteiger partial charge < -0.3 is 10.4 Å². The number of nitrogens with one attached hydrogen (secondary N) is 1. The molecule has 19 heavy (non-hydrogen) atoms. The molecule has 0 aliphatic carbocycles. The summed E-state index contributed by atoms with van der Waals surface area (Å²) in [6.45, 7) is 2.92. The van der Waals surface area contributed by atoms with Gasteiger partial charge in [-0.2, -0.15) is 5.10 Å². The molecule has 1 atom stereocenters. The molecule has 0 amide bonds. The summed E-state index contributed by atoms with van der Waals surface area (Å²) in [6.07, 6.45) is 3.51. The number of halogens is 1. The van der Waals surface area contributed by atoms with Crippen molar-refractivity contribution in [1.29, 1.82) is 0 Å². The van der Waals surface area contributed by atoms with Crippen molar-refractivity contribution in [3.8, 4) is 0 Å². The lowest BCUT2D eigenvalue weighted by atomic mass is 9.99. The van der Waals surface area contributed by atoms with Crippen molar-refractivity contribution in [1.82, 2.24) is 15.1 Å². The van der Waals surface area contributed by atoms with Crippen LogP contribution in [0.25, 0.3) is 0 Å². The molecule has 102 valence electrons. The minimum atomic E-state index is -0.930. The molecule has 1 heterocycles. The predicted molar refractivity (Wildman–Crippen MR) is 75.9 cm³/mol. The van der Waals surface area contributed by atoms with Gasteiger partial charge >= 0.3 is 0 Å². The monoisotopic (exact) mass is 279 g/mol. The standard InChI is InChI=1S/C14H18ClN3O/c1-14(19,12-8-17-18(2)9-12)10-16-7-11-3-5-13(15)6-4-11/h3-6,8-9,16,19H,7,10H2,1-2H3. The van der Waals surface area contributed by atoms with E-state index in [0.29, 0.717) is 13.1 Å². The number of aryl methyl sites for hydroxylation is 1. The Morgan fingerprint density at radius 2 is 2.05 bits per heavy atom. The third-order valence-electron chi connectivity index (χ3n) is 3.04. The molecular weight excluding hydrogens is 262 g/mol. The number of aromatic nitrogens is 2. The van der Waals surface area contributed by atoms with Crippen LogP contribution in [-0.2, 0) is 19.2 Å². The quantitative estimate of drug-likeness (QED) is 0.881. The second-order valence-electron chi connectivity index (χ2n) is 4.91. The number of nitrogens with zero attached hydrogens (tertiary/aromatic N) is 2. The fourth-order valence-corrected chi connectivity index (χ4v) is 1.98. The van der Waals surface area contributed by atoms with Crippen LogP contribution in [0.2, 0.25) is 5.02 Å². The molecule has 0 aliphatic heterocycles. The summed E-state index contributed by atoms with van der Waals surface area (Å²) in [6, 6.07) is 7.65. The Morgan fingerprint density at radius 1 is 1.37 bits per heavy atom. The van der Waals surface area contributed by atoms with Gasteiger partial charge in [0, 0.05) is 36.9 Å². The highest BCUT2D eigenvalue weighted by Gasteiger charge is 2.23. The van der Waals surface area contributed by atoms with Crippen LogP contribution in [0, 0.1) is 0 Å². The summed E-state index contributed by atoms with van der Waals surface area (Å²) in [7, 11) is 1.83. The maximum atomic E-state index is 10.4. The first-order chi connectivity index (χ1) is 8.97. The van der Waals surface area contributed by atoms with E-state index in [1.807, 2.05) is 37.5 Å². The number of hydrogen-bond donors (Lipinski definition) is 2. The summed E-state index contributed by atoms with van der Waals surface area (Å²) in [5, 5.41) is 18.4. The first kappa shape index (κ1) is 14.1. The summed E-state index contributed by atoms with van der Waals surface area (Å²) in [5.41, 5.74) is 1.01. The van der Waals surface area contributed by atoms with E-state index in [2.05, 4.69) is 10.4 Å². The van der Waals surface area contributed by atoms with Crippen molar-refractivity contribution in [3.63, 3.8) is 0 Å². The van der Waals surface area contributed by atoms with Gasteiger partial charge in [-0.1, -0.05) is 23.7 Å². The zero-order chi connectivity index (χ0) is 13.9. The highest BCUT2D eigenvalue weighted by molar-refractivity contribution is 6.30. The minimum Gasteiger partial charge on any atom is -0.384 e. The Balaban J connectivity index is 1.89. The van der Waals surface area contributed by atoms with Crippen molar-refractivity contribution < 1.29 is 5.11 Å². The lowest BCUT2D eigenvalue weighted by Crippen LogP contribution is -2.34. The molecule has 1 aromatic heterocycles. The van der Waals surface area contributed by atoms with E-state index >= 15 is 0 Å². The van der Waals surface area contributed by atoms with Gasteiger partial charge in [0.1, 0.15) is 5.60 Å². The highest BCUT2D eigenvalue weighted by Crippen LogP contribution is 2.18. The van der Waals surface area contributed by atoms with Gasteiger partial charge in [-0.3, -0.25) is 4.68 Å². The van der Waals surface area contributed by atoms with Crippen LogP contribution >= 0.6 is 11.6 Å². The van der Waals surface area contributed by atoms with Crippen LogP contribution in [0.5, 0.6) is 0 Å². The van der Waals surface area contributed by atoms with Gasteiger partial charge in [0.15, 0.2) is 0 Å². The van der Waals surface area contributed by atoms with Crippen molar-refractivity contribution >= 4 is 11.6 Å². The Kier molecular flexibility index (Phi) is 4.24. The molecule has 2 rings (SSSR count). The molecule has 0 radical (unpaired) electrons. The van der Waals surface area contributed by atoms with Gasteiger partial charge in [-0.05, 0) is 24.6 Å². The topological polar surface area (TPSA) is 50.1 Å². The van der Waals surface area contributed by atoms with Gasteiger partial charge in [-0.15, -0.1) is 0 Å². The van der Waals surface area contributed by atoms with Crippen LogP contribution in [0.3, 0.4) is 0 Å². The average Bonchev–Trinajstić information content (AvgIpc) is 2.79. The normalized spacial score (nSPS) is 14.3. The predicted octanol–water partition coefficient (Wildman–Crippen LogP) is 2.07. The van der Waals surface area contributed by atoms with E-state index in [1.165, 1.54) is 0 Å². The average molecular weight is 280 g/mol. The van der Waals surface area contributed by atoms with Crippen LogP contribution in [0.4, 0.5) is 0 Å². The molecule has 1 unspecified atom stereocenters. The van der Waals surface area contributed by atoms with E-state index in [-0.39, 0.29) is 0 Å². The maximum absolute atomic E-state index is 10.4. The van der Waals surface area contributed by atoms with Crippen LogP contribution in [0.15, 0.2) is 36.7 Å². The number of benzene rings is 1. The lowest BCUT2D eigenvalue weighted by Gasteiger charge is -2.22. The molecule has 2 aromatic rings. The van der Waals surface area contributed by atoms with Gasteiger partial charge in [-0.25, -0.2) is 0 Å². The zero-order valence-electron chi connectivity index (χ0n) is 11.1. The van der Waals surface area contributed by atoms with Crippen molar-refractivity contribution in [2.45, 2.75) is 19.1 Å². The van der Waals surface area contributed by atoms with Gasteiger partial charge in [0.05, 0.1) is 6.20 Å². The number of aliphatic hydroxyl groups is 1. The first-order valence-corrected chi connectivity index (χ1v) is 6.52. The fourth-order valence-electron chi connectivity index (χ4n) is 1.85. The fraction of sp³-hybridized carbons (Fsp3) is 0.357. The van der Waals surface area contributed by atoms with Gasteiger partial charge in [0.2, 0.25) is 0 Å². The van der Waals surface area contributed by atoms with Gasteiger partial charge in [0.25, 0.3) is 0 Å². The summed E-state index contributed by atoms with van der Waals surface area (Å²) < 4.78 is 1.68. The third-order valence-corrected chi connectivity index (χ3v) is 3.29. The summed E-state index contributed by atoms with van der Waals surface area (Å²) >= 11 is 5.83. The molecule has 4 nitrogen and oxygen atoms in total. The van der Waals surface area contributed by atoms with Crippen molar-refractivity contribution in [2.24, 2.45) is 7.05 Å². The van der Waals surface area contributed by atoms with Crippen LogP contribution in [-0.4, -0.2) is 21.4 Å². The molecule has 0 saturated heterocycles. The van der Waals surface area contributed by atoms with E-state index in [4.69, 9.17) is 11.6 Å². The highest BCUT2D eigenvalue weighted by atomic mass is 35.5. The third kappa shape index (κ3) is 3.80. The SMILES string of the molecule is Cn1cc(C(C)(O)CNCc2ccc(Cl)cc2)cn1. The minimum absolute atomic E-state index is 0.460. The Hall–Kier alpha value is -1.36. The first-order valence-electron chi connectivity index (χ1n) is 6.14. The Bertz CT molecular complexity index is 534. The second-order valence-corrected chi connectivity index (χ2v) is 5.34.